The van der Waals surface area contributed by atoms with Crippen LogP contribution in [0.3, 0.4) is 0 Å². The summed E-state index contributed by atoms with van der Waals surface area (Å²) in [5, 5.41) is 3.37. The van der Waals surface area contributed by atoms with Crippen LogP contribution in [0.4, 0.5) is 0 Å². The summed E-state index contributed by atoms with van der Waals surface area (Å²) in [5.74, 6) is -0.194. The molecule has 2 aromatic rings. The lowest BCUT2D eigenvalue weighted by molar-refractivity contribution is -0.121. The molecule has 6 nitrogen and oxygen atoms in total. The normalized spacial score (nSPS) is 12.2. The number of carbonyl (C=O) groups excluding carboxylic acids is 2. The average molecular weight is 392 g/mol. The summed E-state index contributed by atoms with van der Waals surface area (Å²) in [5.41, 5.74) is 6.38. The predicted octanol–water partition coefficient (Wildman–Crippen LogP) is 3.30. The lowest BCUT2D eigenvalue weighted by Crippen LogP contribution is -2.40. The maximum absolute atomic E-state index is 12.9. The van der Waals surface area contributed by atoms with E-state index in [0.29, 0.717) is 31.0 Å². The molecule has 0 aliphatic carbocycles. The number of thiazole rings is 1. The molecule has 1 heterocycles. The van der Waals surface area contributed by atoms with E-state index < -0.39 is 6.04 Å². The van der Waals surface area contributed by atoms with Gasteiger partial charge in [-0.05, 0) is 50.8 Å². The Hall–Kier alpha value is -1.83. The number of benzene rings is 1. The van der Waals surface area contributed by atoms with Crippen LogP contribution in [0.2, 0.25) is 0 Å². The minimum atomic E-state index is -0.538. The number of nitrogens with one attached hydrogen (secondary N) is 1. The van der Waals surface area contributed by atoms with Crippen molar-refractivity contribution < 1.29 is 14.3 Å². The van der Waals surface area contributed by atoms with Crippen molar-refractivity contribution in [2.24, 2.45) is 5.73 Å². The van der Waals surface area contributed by atoms with Gasteiger partial charge < -0.3 is 15.8 Å². The van der Waals surface area contributed by atoms with Gasteiger partial charge in [-0.1, -0.05) is 18.6 Å². The van der Waals surface area contributed by atoms with Gasteiger partial charge in [-0.2, -0.15) is 0 Å². The zero-order valence-corrected chi connectivity index (χ0v) is 16.7. The number of carbonyl (C=O) groups is 2. The van der Waals surface area contributed by atoms with Crippen LogP contribution in [-0.2, 0) is 9.53 Å². The van der Waals surface area contributed by atoms with E-state index in [9.17, 15) is 9.59 Å². The van der Waals surface area contributed by atoms with E-state index in [1.165, 1.54) is 11.3 Å². The Kier molecular flexibility index (Phi) is 9.38. The van der Waals surface area contributed by atoms with E-state index in [2.05, 4.69) is 10.3 Å². The second-order valence-electron chi connectivity index (χ2n) is 6.56. The van der Waals surface area contributed by atoms with Crippen LogP contribution in [0.25, 0.3) is 10.2 Å². The zero-order chi connectivity index (χ0) is 19.5. The first kappa shape index (κ1) is 21.5. The lowest BCUT2D eigenvalue weighted by atomic mass is 10.0. The van der Waals surface area contributed by atoms with Crippen molar-refractivity contribution in [1.29, 1.82) is 0 Å². The van der Waals surface area contributed by atoms with Crippen LogP contribution in [0.1, 0.15) is 54.7 Å². The molecule has 0 aliphatic heterocycles. The van der Waals surface area contributed by atoms with E-state index in [4.69, 9.17) is 10.5 Å². The molecule has 0 saturated heterocycles. The van der Waals surface area contributed by atoms with E-state index >= 15 is 0 Å². The number of unbranched alkanes of at least 4 members (excludes halogenated alkanes) is 3. The molecule has 1 aromatic heterocycles. The van der Waals surface area contributed by atoms with Crippen LogP contribution in [0, 0.1) is 0 Å². The lowest BCUT2D eigenvalue weighted by Gasteiger charge is -2.16. The molecule has 148 valence electrons. The number of para-hydroxylation sites is 1. The minimum Gasteiger partial charge on any atom is -0.385 e. The number of aromatic nitrogens is 1. The number of fused-ring (bicyclic) bond motifs is 1. The number of amides is 1. The van der Waals surface area contributed by atoms with Crippen molar-refractivity contribution >= 4 is 33.2 Å². The smallest absolute Gasteiger partial charge is 0.220 e. The highest BCUT2D eigenvalue weighted by Gasteiger charge is 2.24. The van der Waals surface area contributed by atoms with E-state index in [-0.39, 0.29) is 11.7 Å². The SMILES string of the molecule is COCCCCCC(=O)N[C@@H](CCCCN)C(=O)c1nc2ccccc2s1. The fourth-order valence-electron chi connectivity index (χ4n) is 2.86. The molecule has 0 fully saturated rings. The maximum atomic E-state index is 12.9. The van der Waals surface area contributed by atoms with Crippen LogP contribution < -0.4 is 11.1 Å². The molecule has 0 saturated carbocycles. The van der Waals surface area contributed by atoms with Gasteiger partial charge in [0.05, 0.1) is 16.3 Å². The highest BCUT2D eigenvalue weighted by atomic mass is 32.1. The molecule has 7 heteroatoms. The Labute approximate surface area is 164 Å². The number of ketones is 1. The number of ether oxygens (including phenoxy) is 1. The number of nitrogens with two attached hydrogens (primary N) is 1. The monoisotopic (exact) mass is 391 g/mol. The number of Topliss-reactive ketones (excluding diaryl/α,β-unsaturated/α-hetero) is 1. The van der Waals surface area contributed by atoms with E-state index in [0.717, 1.165) is 42.3 Å². The number of methoxy groups -OCH3 is 1. The number of hydrogen-bond donors (Lipinski definition) is 2. The number of rotatable bonds is 13. The van der Waals surface area contributed by atoms with Gasteiger partial charge in [-0.3, -0.25) is 9.59 Å². The predicted molar refractivity (Wildman–Crippen MR) is 109 cm³/mol. The highest BCUT2D eigenvalue weighted by molar-refractivity contribution is 7.20. The van der Waals surface area contributed by atoms with Crippen molar-refractivity contribution in [3.8, 4) is 0 Å². The summed E-state index contributed by atoms with van der Waals surface area (Å²) < 4.78 is 5.99. The molecule has 0 bridgehead atoms. The summed E-state index contributed by atoms with van der Waals surface area (Å²) in [7, 11) is 1.67. The van der Waals surface area contributed by atoms with Gasteiger partial charge in [0.2, 0.25) is 11.7 Å². The molecule has 0 spiro atoms. The summed E-state index contributed by atoms with van der Waals surface area (Å²) in [6, 6.07) is 7.14. The molecule has 27 heavy (non-hydrogen) atoms. The topological polar surface area (TPSA) is 94.3 Å². The molecule has 2 rings (SSSR count). The van der Waals surface area contributed by atoms with Crippen molar-refractivity contribution in [2.75, 3.05) is 20.3 Å². The number of hydrogen-bond acceptors (Lipinski definition) is 6. The molecule has 1 aromatic carbocycles. The molecule has 1 atom stereocenters. The molecule has 3 N–H and O–H groups in total. The van der Waals surface area contributed by atoms with Crippen molar-refractivity contribution in [1.82, 2.24) is 10.3 Å². The van der Waals surface area contributed by atoms with Crippen molar-refractivity contribution in [2.45, 2.75) is 51.0 Å². The van der Waals surface area contributed by atoms with Gasteiger partial charge in [0.25, 0.3) is 0 Å². The largest absolute Gasteiger partial charge is 0.385 e. The number of nitrogens with zero attached hydrogens (tertiary/aromatic N) is 1. The van der Waals surface area contributed by atoms with Crippen LogP contribution in [0.5, 0.6) is 0 Å². The first-order valence-electron chi connectivity index (χ1n) is 9.54. The molecule has 0 unspecified atom stereocenters. The maximum Gasteiger partial charge on any atom is 0.220 e. The summed E-state index contributed by atoms with van der Waals surface area (Å²) in [4.78, 5) is 29.7. The van der Waals surface area contributed by atoms with Gasteiger partial charge >= 0.3 is 0 Å². The second-order valence-corrected chi connectivity index (χ2v) is 7.59. The Morgan fingerprint density at radius 3 is 2.74 bits per heavy atom. The van der Waals surface area contributed by atoms with Crippen LogP contribution >= 0.6 is 11.3 Å². The zero-order valence-electron chi connectivity index (χ0n) is 15.9. The summed E-state index contributed by atoms with van der Waals surface area (Å²) >= 11 is 1.38. The van der Waals surface area contributed by atoms with Gasteiger partial charge in [0, 0.05) is 20.1 Å². The highest BCUT2D eigenvalue weighted by Crippen LogP contribution is 2.23. The third-order valence-corrected chi connectivity index (χ3v) is 5.41. The van der Waals surface area contributed by atoms with E-state index in [1.807, 2.05) is 24.3 Å². The Bertz CT molecular complexity index is 699. The third kappa shape index (κ3) is 7.01. The van der Waals surface area contributed by atoms with Crippen LogP contribution in [0.15, 0.2) is 24.3 Å². The van der Waals surface area contributed by atoms with Gasteiger partial charge in [0.1, 0.15) is 0 Å². The average Bonchev–Trinajstić information content (AvgIpc) is 3.11. The van der Waals surface area contributed by atoms with Crippen molar-refractivity contribution in [3.05, 3.63) is 29.3 Å². The molecule has 0 aliphatic rings. The summed E-state index contributed by atoms with van der Waals surface area (Å²) in [6.45, 7) is 1.29. The fourth-order valence-corrected chi connectivity index (χ4v) is 3.82. The van der Waals surface area contributed by atoms with Crippen molar-refractivity contribution in [3.63, 3.8) is 0 Å². The fraction of sp³-hybridized carbons (Fsp3) is 0.550. The standard InChI is InChI=1S/C20H29N3O3S/c1-26-14-8-2-3-12-18(24)22-16(10-6-7-13-21)19(25)20-23-15-9-4-5-11-17(15)27-20/h4-5,9,11,16H,2-3,6-8,10,12-14,21H2,1H3,(H,22,24)/t16-/m0/s1. The van der Waals surface area contributed by atoms with Crippen LogP contribution in [-0.4, -0.2) is 43.0 Å². The molecular formula is C20H29N3O3S. The van der Waals surface area contributed by atoms with Gasteiger partial charge in [-0.25, -0.2) is 4.98 Å². The van der Waals surface area contributed by atoms with Gasteiger partial charge in [-0.15, -0.1) is 11.3 Å². The minimum absolute atomic E-state index is 0.0837. The Morgan fingerprint density at radius 2 is 2.00 bits per heavy atom. The quantitative estimate of drug-likeness (QED) is 0.404. The molecule has 0 radical (unpaired) electrons. The third-order valence-electron chi connectivity index (χ3n) is 4.36. The molecule has 1 amide bonds. The molecular weight excluding hydrogens is 362 g/mol. The van der Waals surface area contributed by atoms with E-state index in [1.54, 1.807) is 7.11 Å². The Balaban J connectivity index is 1.97. The summed E-state index contributed by atoms with van der Waals surface area (Å²) in [6.07, 6.45) is 5.30. The first-order chi connectivity index (χ1) is 13.2. The Morgan fingerprint density at radius 1 is 1.19 bits per heavy atom. The van der Waals surface area contributed by atoms with Gasteiger partial charge in [0.15, 0.2) is 5.01 Å². The second kappa shape index (κ2) is 11.8. The first-order valence-corrected chi connectivity index (χ1v) is 10.4.